The molecule has 2 rings (SSSR count). The summed E-state index contributed by atoms with van der Waals surface area (Å²) >= 11 is 0. The summed E-state index contributed by atoms with van der Waals surface area (Å²) in [6.07, 6.45) is 1.59. The smallest absolute Gasteiger partial charge is 0.251 e. The molecular weight excluding hydrogens is 264 g/mol. The average Bonchev–Trinajstić information content (AvgIpc) is 3.00. The fourth-order valence-corrected chi connectivity index (χ4v) is 1.93. The first kappa shape index (κ1) is 14.9. The maximum atomic E-state index is 12.3. The minimum absolute atomic E-state index is 0.158. The zero-order chi connectivity index (χ0) is 15.2. The first-order valence-corrected chi connectivity index (χ1v) is 6.75. The number of furan rings is 1. The van der Waals surface area contributed by atoms with Gasteiger partial charge in [-0.15, -0.1) is 0 Å². The Morgan fingerprint density at radius 1 is 1.43 bits per heavy atom. The number of rotatable bonds is 3. The molecule has 2 aromatic rings. The number of amides is 1. The first-order valence-electron chi connectivity index (χ1n) is 6.75. The van der Waals surface area contributed by atoms with Gasteiger partial charge in [0.05, 0.1) is 18.8 Å². The van der Waals surface area contributed by atoms with Crippen molar-refractivity contribution in [2.75, 3.05) is 6.54 Å². The van der Waals surface area contributed by atoms with Crippen LogP contribution in [0.25, 0.3) is 0 Å². The highest BCUT2D eigenvalue weighted by atomic mass is 16.3. The Kier molecular flexibility index (Phi) is 4.81. The molecule has 1 aromatic carbocycles. The molecule has 0 radical (unpaired) electrons. The van der Waals surface area contributed by atoms with Gasteiger partial charge in [-0.3, -0.25) is 4.79 Å². The summed E-state index contributed by atoms with van der Waals surface area (Å²) in [6, 6.07) is 8.89. The van der Waals surface area contributed by atoms with Crippen LogP contribution in [-0.2, 0) is 0 Å². The maximum absolute atomic E-state index is 12.3. The predicted octanol–water partition coefficient (Wildman–Crippen LogP) is 2.39. The largest absolute Gasteiger partial charge is 0.467 e. The average molecular weight is 282 g/mol. The quantitative estimate of drug-likeness (QED) is 0.849. The number of carbonyl (C=O) groups is 1. The fraction of sp³-hybridized carbons (Fsp3) is 0.235. The van der Waals surface area contributed by atoms with Crippen LogP contribution in [-0.4, -0.2) is 12.5 Å². The summed E-state index contributed by atoms with van der Waals surface area (Å²) < 4.78 is 5.28. The van der Waals surface area contributed by atoms with E-state index >= 15 is 0 Å². The second-order valence-corrected chi connectivity index (χ2v) is 4.75. The van der Waals surface area contributed by atoms with Crippen molar-refractivity contribution in [3.63, 3.8) is 0 Å². The molecule has 108 valence electrons. The van der Waals surface area contributed by atoms with Gasteiger partial charge >= 0.3 is 0 Å². The molecule has 4 heteroatoms. The van der Waals surface area contributed by atoms with Crippen LogP contribution in [0.15, 0.2) is 41.0 Å². The molecule has 0 aliphatic rings. The first-order chi connectivity index (χ1) is 10.1. The Morgan fingerprint density at radius 3 is 2.90 bits per heavy atom. The van der Waals surface area contributed by atoms with E-state index in [2.05, 4.69) is 17.2 Å². The van der Waals surface area contributed by atoms with Gasteiger partial charge in [-0.2, -0.15) is 0 Å². The van der Waals surface area contributed by atoms with E-state index in [0.717, 1.165) is 16.9 Å². The molecule has 1 atom stereocenters. The minimum Gasteiger partial charge on any atom is -0.467 e. The van der Waals surface area contributed by atoms with Crippen LogP contribution in [0.3, 0.4) is 0 Å². The highest BCUT2D eigenvalue weighted by Gasteiger charge is 2.13. The van der Waals surface area contributed by atoms with Crippen LogP contribution < -0.4 is 11.1 Å². The van der Waals surface area contributed by atoms with Gasteiger partial charge in [0.1, 0.15) is 5.76 Å². The highest BCUT2D eigenvalue weighted by molar-refractivity contribution is 5.94. The van der Waals surface area contributed by atoms with Gasteiger partial charge in [-0.1, -0.05) is 17.9 Å². The van der Waals surface area contributed by atoms with E-state index in [9.17, 15) is 4.79 Å². The van der Waals surface area contributed by atoms with E-state index in [1.807, 2.05) is 26.0 Å². The molecule has 1 aromatic heterocycles. The van der Waals surface area contributed by atoms with Gasteiger partial charge in [0.25, 0.3) is 5.91 Å². The minimum atomic E-state index is -0.188. The van der Waals surface area contributed by atoms with Crippen molar-refractivity contribution < 1.29 is 9.21 Å². The van der Waals surface area contributed by atoms with Crippen molar-refractivity contribution in [3.05, 3.63) is 59.0 Å². The lowest BCUT2D eigenvalue weighted by Gasteiger charge is -2.12. The third-order valence-electron chi connectivity index (χ3n) is 3.14. The lowest BCUT2D eigenvalue weighted by molar-refractivity contribution is 0.0935. The van der Waals surface area contributed by atoms with E-state index in [4.69, 9.17) is 10.2 Å². The summed E-state index contributed by atoms with van der Waals surface area (Å²) in [5.74, 6) is 6.34. The molecule has 1 amide bonds. The third-order valence-corrected chi connectivity index (χ3v) is 3.14. The zero-order valence-corrected chi connectivity index (χ0v) is 12.1. The molecule has 0 aliphatic carbocycles. The van der Waals surface area contributed by atoms with Crippen LogP contribution in [0.1, 0.15) is 40.2 Å². The Hall–Kier alpha value is -2.51. The summed E-state index contributed by atoms with van der Waals surface area (Å²) in [5.41, 5.74) is 7.79. The molecule has 0 fully saturated rings. The van der Waals surface area contributed by atoms with Gasteiger partial charge in [0, 0.05) is 11.1 Å². The molecule has 0 saturated heterocycles. The molecule has 21 heavy (non-hydrogen) atoms. The molecule has 0 aliphatic heterocycles. The molecule has 0 bridgehead atoms. The van der Waals surface area contributed by atoms with Crippen LogP contribution in [0.5, 0.6) is 0 Å². The molecule has 0 saturated carbocycles. The molecule has 4 nitrogen and oxygen atoms in total. The molecular formula is C17H18N2O2. The van der Waals surface area contributed by atoms with E-state index in [-0.39, 0.29) is 11.9 Å². The van der Waals surface area contributed by atoms with Gasteiger partial charge in [0.15, 0.2) is 0 Å². The van der Waals surface area contributed by atoms with E-state index in [1.165, 1.54) is 0 Å². The molecule has 0 spiro atoms. The van der Waals surface area contributed by atoms with Gasteiger partial charge < -0.3 is 15.5 Å². The maximum Gasteiger partial charge on any atom is 0.251 e. The Balaban J connectivity index is 2.16. The van der Waals surface area contributed by atoms with Gasteiger partial charge in [-0.25, -0.2) is 0 Å². The summed E-state index contributed by atoms with van der Waals surface area (Å²) in [5, 5.41) is 2.90. The Morgan fingerprint density at radius 2 is 2.24 bits per heavy atom. The van der Waals surface area contributed by atoms with Crippen molar-refractivity contribution >= 4 is 5.91 Å². The highest BCUT2D eigenvalue weighted by Crippen LogP contribution is 2.15. The second-order valence-electron chi connectivity index (χ2n) is 4.75. The topological polar surface area (TPSA) is 68.3 Å². The number of aryl methyl sites for hydroxylation is 1. The lowest BCUT2D eigenvalue weighted by Crippen LogP contribution is -2.26. The summed E-state index contributed by atoms with van der Waals surface area (Å²) in [7, 11) is 0. The number of carbonyl (C=O) groups excluding carboxylic acids is 1. The third kappa shape index (κ3) is 3.74. The van der Waals surface area contributed by atoms with Crippen LogP contribution in [0.2, 0.25) is 0 Å². The normalized spacial score (nSPS) is 11.4. The van der Waals surface area contributed by atoms with Crippen molar-refractivity contribution in [1.82, 2.24) is 5.32 Å². The zero-order valence-electron chi connectivity index (χ0n) is 12.1. The van der Waals surface area contributed by atoms with Gasteiger partial charge in [0.2, 0.25) is 0 Å². The number of hydrogen-bond donors (Lipinski definition) is 2. The predicted molar refractivity (Wildman–Crippen MR) is 81.7 cm³/mol. The Bertz CT molecular complexity index is 679. The molecule has 1 heterocycles. The number of hydrogen-bond acceptors (Lipinski definition) is 3. The van der Waals surface area contributed by atoms with E-state index in [1.54, 1.807) is 24.5 Å². The summed E-state index contributed by atoms with van der Waals surface area (Å²) in [4.78, 5) is 12.3. The van der Waals surface area contributed by atoms with Crippen LogP contribution >= 0.6 is 0 Å². The SMILES string of the molecule is Cc1ccc(C(=O)NC(C)c2ccco2)cc1C#CCN. The lowest BCUT2D eigenvalue weighted by atomic mass is 10.0. The Labute approximate surface area is 124 Å². The standard InChI is InChI=1S/C17H18N2O2/c1-12-7-8-15(11-14(12)5-3-9-18)17(20)19-13(2)16-6-4-10-21-16/h4,6-8,10-11,13H,9,18H2,1-2H3,(H,19,20). The second kappa shape index (κ2) is 6.78. The van der Waals surface area contributed by atoms with E-state index in [0.29, 0.717) is 12.1 Å². The fourth-order valence-electron chi connectivity index (χ4n) is 1.93. The van der Waals surface area contributed by atoms with Crippen LogP contribution in [0.4, 0.5) is 0 Å². The molecule has 1 unspecified atom stereocenters. The number of nitrogens with two attached hydrogens (primary N) is 1. The number of benzene rings is 1. The van der Waals surface area contributed by atoms with Crippen molar-refractivity contribution in [1.29, 1.82) is 0 Å². The van der Waals surface area contributed by atoms with E-state index < -0.39 is 0 Å². The van der Waals surface area contributed by atoms with Crippen molar-refractivity contribution in [2.24, 2.45) is 5.73 Å². The van der Waals surface area contributed by atoms with Crippen molar-refractivity contribution in [3.8, 4) is 11.8 Å². The van der Waals surface area contributed by atoms with Gasteiger partial charge in [-0.05, 0) is 43.7 Å². The number of nitrogens with one attached hydrogen (secondary N) is 1. The molecule has 3 N–H and O–H groups in total. The monoisotopic (exact) mass is 282 g/mol. The summed E-state index contributed by atoms with van der Waals surface area (Å²) in [6.45, 7) is 4.12. The van der Waals surface area contributed by atoms with Crippen molar-refractivity contribution in [2.45, 2.75) is 19.9 Å². The van der Waals surface area contributed by atoms with Crippen LogP contribution in [0, 0.1) is 18.8 Å².